The number of hydrogen-bond donors (Lipinski definition) is 1. The summed E-state index contributed by atoms with van der Waals surface area (Å²) in [6, 6.07) is 1.91. The van der Waals surface area contributed by atoms with Crippen LogP contribution >= 0.6 is 0 Å². The molecule has 1 aromatic rings. The van der Waals surface area contributed by atoms with Gasteiger partial charge >= 0.3 is 5.97 Å². The molecule has 0 spiro atoms. The predicted octanol–water partition coefficient (Wildman–Crippen LogP) is 0.773. The van der Waals surface area contributed by atoms with Crippen LogP contribution in [-0.2, 0) is 0 Å². The summed E-state index contributed by atoms with van der Waals surface area (Å²) in [4.78, 5) is 12.8. The highest BCUT2D eigenvalue weighted by atomic mass is 16.4. The molecule has 0 amide bonds. The Labute approximate surface area is 81.4 Å². The lowest BCUT2D eigenvalue weighted by atomic mass is 10.2. The fraction of sp³-hybridized carbons (Fsp3) is 0.444. The zero-order valence-corrected chi connectivity index (χ0v) is 7.84. The van der Waals surface area contributed by atoms with E-state index in [-0.39, 0.29) is 5.56 Å². The molecule has 1 N–H and O–H groups in total. The van der Waals surface area contributed by atoms with E-state index in [1.165, 1.54) is 12.3 Å². The Kier molecular flexibility index (Phi) is 2.07. The first-order chi connectivity index (χ1) is 6.70. The van der Waals surface area contributed by atoms with Crippen LogP contribution in [0, 0.1) is 0 Å². The Bertz CT molecular complexity index is 363. The molecular formula is C9H11N3O2. The molecule has 0 aliphatic heterocycles. The Balaban J connectivity index is 2.34. The number of aromatic carboxylic acids is 1. The predicted molar refractivity (Wildman–Crippen MR) is 50.4 cm³/mol. The van der Waals surface area contributed by atoms with Crippen molar-refractivity contribution in [2.24, 2.45) is 0 Å². The van der Waals surface area contributed by atoms with Gasteiger partial charge in [0.1, 0.15) is 5.56 Å². The van der Waals surface area contributed by atoms with Crippen molar-refractivity contribution in [1.29, 1.82) is 0 Å². The number of carbonyl (C=O) groups is 1. The molecule has 5 nitrogen and oxygen atoms in total. The molecule has 1 aromatic heterocycles. The van der Waals surface area contributed by atoms with Gasteiger partial charge in [0, 0.05) is 13.1 Å². The molecule has 74 valence electrons. The molecule has 0 unspecified atom stereocenters. The number of carboxylic acid groups (broad SMARTS) is 1. The topological polar surface area (TPSA) is 66.3 Å². The van der Waals surface area contributed by atoms with Crippen LogP contribution in [0.2, 0.25) is 0 Å². The summed E-state index contributed by atoms with van der Waals surface area (Å²) in [6.07, 6.45) is 3.60. The fourth-order valence-corrected chi connectivity index (χ4v) is 1.39. The van der Waals surface area contributed by atoms with Crippen LogP contribution in [0.25, 0.3) is 0 Å². The summed E-state index contributed by atoms with van der Waals surface area (Å²) < 4.78 is 0. The Morgan fingerprint density at radius 2 is 2.36 bits per heavy atom. The summed E-state index contributed by atoms with van der Waals surface area (Å²) >= 11 is 0. The number of aromatic nitrogens is 2. The molecule has 1 aliphatic rings. The summed E-state index contributed by atoms with van der Waals surface area (Å²) in [6.45, 7) is 0. The third-order valence-electron chi connectivity index (χ3n) is 2.36. The van der Waals surface area contributed by atoms with E-state index in [9.17, 15) is 4.79 Å². The van der Waals surface area contributed by atoms with Gasteiger partial charge in [-0.3, -0.25) is 0 Å². The summed E-state index contributed by atoms with van der Waals surface area (Å²) in [5, 5.41) is 16.5. The van der Waals surface area contributed by atoms with Gasteiger partial charge < -0.3 is 10.0 Å². The second-order valence-corrected chi connectivity index (χ2v) is 3.42. The van der Waals surface area contributed by atoms with E-state index in [1.807, 2.05) is 11.9 Å². The molecule has 0 saturated heterocycles. The normalized spacial score (nSPS) is 15.2. The molecule has 2 rings (SSSR count). The van der Waals surface area contributed by atoms with Crippen LogP contribution in [0.5, 0.6) is 0 Å². The molecule has 0 atom stereocenters. The minimum atomic E-state index is -0.956. The lowest BCUT2D eigenvalue weighted by Crippen LogP contribution is -2.23. The van der Waals surface area contributed by atoms with Gasteiger partial charge in [-0.15, -0.1) is 5.10 Å². The number of carboxylic acids is 1. The minimum Gasteiger partial charge on any atom is -0.478 e. The fourth-order valence-electron chi connectivity index (χ4n) is 1.39. The van der Waals surface area contributed by atoms with Crippen LogP contribution in [0.3, 0.4) is 0 Å². The monoisotopic (exact) mass is 193 g/mol. The molecule has 1 fully saturated rings. The SMILES string of the molecule is CN(c1nnccc1C(=O)O)C1CC1. The van der Waals surface area contributed by atoms with Gasteiger partial charge in [0.15, 0.2) is 5.82 Å². The smallest absolute Gasteiger partial charge is 0.339 e. The third-order valence-corrected chi connectivity index (χ3v) is 2.36. The highest BCUT2D eigenvalue weighted by molar-refractivity contribution is 5.93. The maximum atomic E-state index is 10.9. The van der Waals surface area contributed by atoms with E-state index in [1.54, 1.807) is 0 Å². The highest BCUT2D eigenvalue weighted by Crippen LogP contribution is 2.30. The Morgan fingerprint density at radius 1 is 1.64 bits per heavy atom. The maximum absolute atomic E-state index is 10.9. The molecule has 1 saturated carbocycles. The zero-order valence-electron chi connectivity index (χ0n) is 7.84. The summed E-state index contributed by atoms with van der Waals surface area (Å²) in [5.41, 5.74) is 0.217. The highest BCUT2D eigenvalue weighted by Gasteiger charge is 2.29. The van der Waals surface area contributed by atoms with Crippen LogP contribution < -0.4 is 4.90 Å². The Hall–Kier alpha value is -1.65. The van der Waals surface area contributed by atoms with Crippen molar-refractivity contribution in [3.05, 3.63) is 17.8 Å². The van der Waals surface area contributed by atoms with E-state index >= 15 is 0 Å². The van der Waals surface area contributed by atoms with Gasteiger partial charge in [0.25, 0.3) is 0 Å². The van der Waals surface area contributed by atoms with Gasteiger partial charge in [-0.05, 0) is 18.9 Å². The average Bonchev–Trinajstić information content (AvgIpc) is 3.00. The van der Waals surface area contributed by atoms with Crippen molar-refractivity contribution in [3.8, 4) is 0 Å². The van der Waals surface area contributed by atoms with Crippen molar-refractivity contribution in [3.63, 3.8) is 0 Å². The average molecular weight is 193 g/mol. The van der Waals surface area contributed by atoms with Crippen molar-refractivity contribution in [1.82, 2.24) is 10.2 Å². The second kappa shape index (κ2) is 3.25. The van der Waals surface area contributed by atoms with E-state index in [0.717, 1.165) is 12.8 Å². The molecule has 14 heavy (non-hydrogen) atoms. The first-order valence-corrected chi connectivity index (χ1v) is 4.48. The van der Waals surface area contributed by atoms with Crippen LogP contribution in [-0.4, -0.2) is 34.4 Å². The molecule has 0 aromatic carbocycles. The lowest BCUT2D eigenvalue weighted by Gasteiger charge is -2.17. The lowest BCUT2D eigenvalue weighted by molar-refractivity contribution is 0.0697. The van der Waals surface area contributed by atoms with Crippen molar-refractivity contribution in [2.45, 2.75) is 18.9 Å². The van der Waals surface area contributed by atoms with Gasteiger partial charge in [-0.2, -0.15) is 5.10 Å². The first-order valence-electron chi connectivity index (χ1n) is 4.48. The summed E-state index contributed by atoms with van der Waals surface area (Å²) in [7, 11) is 1.86. The minimum absolute atomic E-state index is 0.217. The zero-order chi connectivity index (χ0) is 10.1. The molecule has 1 heterocycles. The van der Waals surface area contributed by atoms with Crippen molar-refractivity contribution >= 4 is 11.8 Å². The van der Waals surface area contributed by atoms with E-state index in [2.05, 4.69) is 10.2 Å². The van der Waals surface area contributed by atoms with Gasteiger partial charge in [-0.25, -0.2) is 4.79 Å². The van der Waals surface area contributed by atoms with Gasteiger partial charge in [0.05, 0.1) is 6.20 Å². The van der Waals surface area contributed by atoms with Gasteiger partial charge in [0.2, 0.25) is 0 Å². The van der Waals surface area contributed by atoms with Crippen molar-refractivity contribution < 1.29 is 9.90 Å². The third kappa shape index (κ3) is 1.53. The molecule has 5 heteroatoms. The first kappa shape index (κ1) is 8.93. The summed E-state index contributed by atoms with van der Waals surface area (Å²) in [5.74, 6) is -0.495. The quantitative estimate of drug-likeness (QED) is 0.768. The van der Waals surface area contributed by atoms with Gasteiger partial charge in [-0.1, -0.05) is 0 Å². The molecule has 0 radical (unpaired) electrons. The largest absolute Gasteiger partial charge is 0.478 e. The number of rotatable bonds is 3. The molecular weight excluding hydrogens is 182 g/mol. The van der Waals surface area contributed by atoms with Crippen molar-refractivity contribution in [2.75, 3.05) is 11.9 Å². The number of nitrogens with zero attached hydrogens (tertiary/aromatic N) is 3. The number of hydrogen-bond acceptors (Lipinski definition) is 4. The van der Waals surface area contributed by atoms with E-state index < -0.39 is 5.97 Å². The maximum Gasteiger partial charge on any atom is 0.339 e. The van der Waals surface area contributed by atoms with Crippen LogP contribution in [0.15, 0.2) is 12.3 Å². The van der Waals surface area contributed by atoms with Crippen LogP contribution in [0.4, 0.5) is 5.82 Å². The standard InChI is InChI=1S/C9H11N3O2/c1-12(6-2-3-6)8-7(9(13)14)4-5-10-11-8/h4-6H,2-3H2,1H3,(H,13,14). The number of anilines is 1. The van der Waals surface area contributed by atoms with E-state index in [4.69, 9.17) is 5.11 Å². The second-order valence-electron chi connectivity index (χ2n) is 3.42. The molecule has 0 bridgehead atoms. The van der Waals surface area contributed by atoms with Crippen LogP contribution in [0.1, 0.15) is 23.2 Å². The van der Waals surface area contributed by atoms with E-state index in [0.29, 0.717) is 11.9 Å². The Morgan fingerprint density at radius 3 is 2.93 bits per heavy atom. The molecule has 1 aliphatic carbocycles.